The Morgan fingerprint density at radius 3 is 2.51 bits per heavy atom. The number of ether oxygens (including phenoxy) is 1. The molecule has 1 N–H and O–H groups in total. The number of nitrogens with zero attached hydrogens (tertiary/aromatic N) is 2. The van der Waals surface area contributed by atoms with Crippen LogP contribution in [0.5, 0.6) is 5.75 Å². The van der Waals surface area contributed by atoms with Crippen LogP contribution in [-0.4, -0.2) is 17.1 Å². The van der Waals surface area contributed by atoms with Gasteiger partial charge in [-0.15, -0.1) is 11.3 Å². The number of hydrogen-bond donors (Lipinski definition) is 1. The maximum atomic E-state index is 13.3. The van der Waals surface area contributed by atoms with Crippen molar-refractivity contribution < 1.29 is 22.7 Å². The van der Waals surface area contributed by atoms with Crippen molar-refractivity contribution in [1.29, 1.82) is 5.26 Å². The molecule has 2 aromatic heterocycles. The van der Waals surface area contributed by atoms with Gasteiger partial charge in [0, 0.05) is 0 Å². The minimum atomic E-state index is -2.94. The second-order valence-corrected chi connectivity index (χ2v) is 8.12. The molecule has 2 heterocycles. The van der Waals surface area contributed by atoms with E-state index in [0.717, 1.165) is 11.3 Å². The SMILES string of the molecule is N#C/C(C(=O)NCc1ccco1)=c1\s/c(=C\c2ccc(OC(F)F)cc2)c(=O)n1-c1ccccc1. The van der Waals surface area contributed by atoms with Gasteiger partial charge in [-0.25, -0.2) is 0 Å². The van der Waals surface area contributed by atoms with E-state index in [1.807, 2.05) is 6.07 Å². The summed E-state index contributed by atoms with van der Waals surface area (Å²) in [5.74, 6) is -0.163. The molecule has 0 aliphatic heterocycles. The molecule has 0 aliphatic carbocycles. The van der Waals surface area contributed by atoms with E-state index in [4.69, 9.17) is 4.42 Å². The van der Waals surface area contributed by atoms with Crippen molar-refractivity contribution in [2.24, 2.45) is 0 Å². The van der Waals surface area contributed by atoms with Crippen molar-refractivity contribution in [3.05, 3.63) is 104 Å². The summed E-state index contributed by atoms with van der Waals surface area (Å²) in [5, 5.41) is 12.4. The van der Waals surface area contributed by atoms with Crippen molar-refractivity contribution in [3.63, 3.8) is 0 Å². The topological polar surface area (TPSA) is 97.3 Å². The average molecular weight is 493 g/mol. The lowest BCUT2D eigenvalue weighted by molar-refractivity contribution is -0.115. The largest absolute Gasteiger partial charge is 0.467 e. The fraction of sp³-hybridized carbons (Fsp3) is 0.0800. The standard InChI is InChI=1S/C25H17F2N3O4S/c26-25(27)34-18-10-8-16(9-11-18)13-21-23(32)30(17-5-2-1-3-6-17)24(35-21)20(14-28)22(31)29-15-19-7-4-12-33-19/h1-13,25H,15H2,(H,29,31)/b21-13-,24-20+. The Morgan fingerprint density at radius 2 is 1.89 bits per heavy atom. The van der Waals surface area contributed by atoms with Gasteiger partial charge in [-0.3, -0.25) is 14.2 Å². The van der Waals surface area contributed by atoms with Crippen LogP contribution in [0.2, 0.25) is 0 Å². The van der Waals surface area contributed by atoms with Gasteiger partial charge in [-0.05, 0) is 48.0 Å². The highest BCUT2D eigenvalue weighted by Gasteiger charge is 2.17. The Balaban J connectivity index is 1.82. The number of nitrogens with one attached hydrogen (secondary N) is 1. The monoisotopic (exact) mass is 493 g/mol. The summed E-state index contributed by atoms with van der Waals surface area (Å²) in [4.78, 5) is 26.2. The molecule has 0 unspecified atom stereocenters. The summed E-state index contributed by atoms with van der Waals surface area (Å²) < 4.78 is 36.1. The van der Waals surface area contributed by atoms with Gasteiger partial charge < -0.3 is 14.5 Å². The Morgan fingerprint density at radius 1 is 1.14 bits per heavy atom. The first-order valence-corrected chi connectivity index (χ1v) is 11.1. The number of aromatic nitrogens is 1. The van der Waals surface area contributed by atoms with E-state index in [1.54, 1.807) is 48.5 Å². The molecule has 0 saturated heterocycles. The average Bonchev–Trinajstić information content (AvgIpc) is 3.48. The van der Waals surface area contributed by atoms with E-state index in [9.17, 15) is 23.6 Å². The van der Waals surface area contributed by atoms with Gasteiger partial charge in [0.05, 0.1) is 23.0 Å². The summed E-state index contributed by atoms with van der Waals surface area (Å²) in [5.41, 5.74) is 0.367. The Labute approximate surface area is 201 Å². The maximum absolute atomic E-state index is 13.3. The highest BCUT2D eigenvalue weighted by molar-refractivity contribution is 7.07. The first kappa shape index (κ1) is 23.7. The predicted octanol–water partition coefficient (Wildman–Crippen LogP) is 2.91. The highest BCUT2D eigenvalue weighted by Crippen LogP contribution is 2.15. The van der Waals surface area contributed by atoms with Gasteiger partial charge in [-0.2, -0.15) is 14.0 Å². The number of alkyl halides is 2. The molecule has 2 aromatic carbocycles. The van der Waals surface area contributed by atoms with Gasteiger partial charge in [-0.1, -0.05) is 30.3 Å². The third-order valence-corrected chi connectivity index (χ3v) is 5.89. The number of carbonyl (C=O) groups excluding carboxylic acids is 1. The molecular weight excluding hydrogens is 476 g/mol. The number of benzene rings is 2. The van der Waals surface area contributed by atoms with Crippen LogP contribution >= 0.6 is 11.3 Å². The number of carbonyl (C=O) groups is 1. The van der Waals surface area contributed by atoms with Gasteiger partial charge in [0.2, 0.25) is 0 Å². The predicted molar refractivity (Wildman–Crippen MR) is 125 cm³/mol. The van der Waals surface area contributed by atoms with Crippen molar-refractivity contribution in [2.75, 3.05) is 0 Å². The van der Waals surface area contributed by atoms with Crippen molar-refractivity contribution in [1.82, 2.24) is 9.88 Å². The van der Waals surface area contributed by atoms with Crippen molar-refractivity contribution >= 4 is 28.9 Å². The van der Waals surface area contributed by atoms with Crippen LogP contribution in [0.15, 0.2) is 82.2 Å². The number of furan rings is 1. The Kier molecular flexibility index (Phi) is 7.18. The van der Waals surface area contributed by atoms with Crippen LogP contribution in [0.4, 0.5) is 8.78 Å². The van der Waals surface area contributed by atoms with E-state index >= 15 is 0 Å². The third-order valence-electron chi connectivity index (χ3n) is 4.80. The smallest absolute Gasteiger partial charge is 0.387 e. The molecule has 0 radical (unpaired) electrons. The molecule has 7 nitrogen and oxygen atoms in total. The van der Waals surface area contributed by atoms with Gasteiger partial charge in [0.1, 0.15) is 22.2 Å². The van der Waals surface area contributed by atoms with E-state index in [-0.39, 0.29) is 27.1 Å². The van der Waals surface area contributed by atoms with E-state index < -0.39 is 18.1 Å². The second kappa shape index (κ2) is 10.6. The number of amides is 1. The molecule has 0 spiro atoms. The van der Waals surface area contributed by atoms with Crippen LogP contribution in [0.1, 0.15) is 11.3 Å². The van der Waals surface area contributed by atoms with Crippen LogP contribution in [0.3, 0.4) is 0 Å². The van der Waals surface area contributed by atoms with Gasteiger partial charge >= 0.3 is 6.61 Å². The molecular formula is C25H17F2N3O4S. The molecule has 0 saturated carbocycles. The Hall–Kier alpha value is -4.49. The first-order chi connectivity index (χ1) is 17.0. The van der Waals surface area contributed by atoms with E-state index in [0.29, 0.717) is 17.0 Å². The zero-order valence-electron chi connectivity index (χ0n) is 18.0. The minimum Gasteiger partial charge on any atom is -0.467 e. The number of rotatable bonds is 7. The lowest BCUT2D eigenvalue weighted by Crippen LogP contribution is -2.33. The van der Waals surface area contributed by atoms with Gasteiger partial charge in [0.15, 0.2) is 5.57 Å². The molecule has 0 bridgehead atoms. The summed E-state index contributed by atoms with van der Waals surface area (Å²) in [6, 6.07) is 19.7. The fourth-order valence-corrected chi connectivity index (χ4v) is 4.32. The van der Waals surface area contributed by atoms with Crippen molar-refractivity contribution in [2.45, 2.75) is 13.2 Å². The van der Waals surface area contributed by atoms with Crippen LogP contribution in [-0.2, 0) is 11.3 Å². The number of thiazole rings is 1. The quantitative estimate of drug-likeness (QED) is 0.427. The van der Waals surface area contributed by atoms with Crippen molar-refractivity contribution in [3.8, 4) is 17.5 Å². The summed E-state index contributed by atoms with van der Waals surface area (Å²) >= 11 is 0.975. The molecule has 0 aliphatic rings. The molecule has 0 fully saturated rings. The lowest BCUT2D eigenvalue weighted by atomic mass is 10.2. The molecule has 4 aromatic rings. The molecule has 0 atom stereocenters. The molecule has 35 heavy (non-hydrogen) atoms. The minimum absolute atomic E-state index is 0.0148. The van der Waals surface area contributed by atoms with E-state index in [1.165, 1.54) is 35.1 Å². The molecule has 176 valence electrons. The Bertz CT molecular complexity index is 1540. The summed E-state index contributed by atoms with van der Waals surface area (Å²) in [6.45, 7) is -2.87. The second-order valence-electron chi connectivity index (χ2n) is 7.09. The lowest BCUT2D eigenvalue weighted by Gasteiger charge is -2.04. The number of nitriles is 1. The van der Waals surface area contributed by atoms with Crippen LogP contribution in [0.25, 0.3) is 17.3 Å². The number of hydrogen-bond acceptors (Lipinski definition) is 6. The zero-order chi connectivity index (χ0) is 24.8. The number of para-hydroxylation sites is 1. The maximum Gasteiger partial charge on any atom is 0.387 e. The molecule has 1 amide bonds. The first-order valence-electron chi connectivity index (χ1n) is 10.2. The highest BCUT2D eigenvalue weighted by atomic mass is 32.1. The van der Waals surface area contributed by atoms with Crippen LogP contribution in [0, 0.1) is 11.3 Å². The normalized spacial score (nSPS) is 12.3. The fourth-order valence-electron chi connectivity index (χ4n) is 3.22. The van der Waals surface area contributed by atoms with Gasteiger partial charge in [0.25, 0.3) is 11.5 Å². The van der Waals surface area contributed by atoms with Crippen LogP contribution < -0.4 is 24.8 Å². The summed E-state index contributed by atoms with van der Waals surface area (Å²) in [6.07, 6.45) is 3.02. The van der Waals surface area contributed by atoms with E-state index in [2.05, 4.69) is 10.1 Å². The molecule has 4 rings (SSSR count). The number of halogens is 2. The summed E-state index contributed by atoms with van der Waals surface area (Å²) in [7, 11) is 0. The zero-order valence-corrected chi connectivity index (χ0v) is 18.8. The molecule has 10 heteroatoms. The third kappa shape index (κ3) is 5.54.